The molecule has 0 radical (unpaired) electrons. The Kier molecular flexibility index (Phi) is 5.83. The van der Waals surface area contributed by atoms with Crippen LogP contribution in [0, 0.1) is 13.8 Å². The van der Waals surface area contributed by atoms with Gasteiger partial charge in [-0.1, -0.05) is 35.9 Å². The van der Waals surface area contributed by atoms with Crippen LogP contribution < -0.4 is 14.8 Å². The number of ether oxygens (including phenoxy) is 2. The SMILES string of the molecule is Cc1ccc(OCCNC(=O)COc2ccccc2C)cc1. The van der Waals surface area contributed by atoms with E-state index in [1.807, 2.05) is 62.4 Å². The van der Waals surface area contributed by atoms with Gasteiger partial charge in [0.1, 0.15) is 18.1 Å². The topological polar surface area (TPSA) is 47.6 Å². The number of para-hydroxylation sites is 1. The molecule has 0 unspecified atom stereocenters. The van der Waals surface area contributed by atoms with E-state index in [9.17, 15) is 4.79 Å². The van der Waals surface area contributed by atoms with Gasteiger partial charge in [-0.05, 0) is 37.6 Å². The summed E-state index contributed by atoms with van der Waals surface area (Å²) in [6.45, 7) is 4.86. The van der Waals surface area contributed by atoms with Crippen molar-refractivity contribution in [2.75, 3.05) is 19.8 Å². The van der Waals surface area contributed by atoms with Crippen LogP contribution in [0.1, 0.15) is 11.1 Å². The molecule has 4 heteroatoms. The first-order valence-electron chi connectivity index (χ1n) is 7.30. The number of benzene rings is 2. The third kappa shape index (κ3) is 5.13. The van der Waals surface area contributed by atoms with Gasteiger partial charge in [-0.2, -0.15) is 0 Å². The number of carbonyl (C=O) groups is 1. The number of hydrogen-bond donors (Lipinski definition) is 1. The van der Waals surface area contributed by atoms with Gasteiger partial charge in [-0.25, -0.2) is 0 Å². The number of amides is 1. The van der Waals surface area contributed by atoms with Crippen molar-refractivity contribution in [3.63, 3.8) is 0 Å². The van der Waals surface area contributed by atoms with E-state index < -0.39 is 0 Å². The maximum absolute atomic E-state index is 11.7. The molecule has 0 aliphatic rings. The van der Waals surface area contributed by atoms with Crippen molar-refractivity contribution in [1.29, 1.82) is 0 Å². The quantitative estimate of drug-likeness (QED) is 0.800. The first-order chi connectivity index (χ1) is 10.6. The predicted molar refractivity (Wildman–Crippen MR) is 86.4 cm³/mol. The highest BCUT2D eigenvalue weighted by molar-refractivity contribution is 5.77. The van der Waals surface area contributed by atoms with Gasteiger partial charge in [-0.3, -0.25) is 4.79 Å². The second kappa shape index (κ2) is 8.08. The van der Waals surface area contributed by atoms with Crippen molar-refractivity contribution in [3.05, 3.63) is 59.7 Å². The molecule has 2 aromatic rings. The van der Waals surface area contributed by atoms with Crippen LogP contribution in [0.15, 0.2) is 48.5 Å². The standard InChI is InChI=1S/C18H21NO3/c1-14-7-9-16(10-8-14)21-12-11-19-18(20)13-22-17-6-4-3-5-15(17)2/h3-10H,11-13H2,1-2H3,(H,19,20). The number of carbonyl (C=O) groups excluding carboxylic acids is 1. The van der Waals surface area contributed by atoms with E-state index >= 15 is 0 Å². The molecule has 0 aliphatic carbocycles. The van der Waals surface area contributed by atoms with Crippen molar-refractivity contribution in [2.45, 2.75) is 13.8 Å². The van der Waals surface area contributed by atoms with Gasteiger partial charge in [0.25, 0.3) is 5.91 Å². The lowest BCUT2D eigenvalue weighted by Gasteiger charge is -2.10. The van der Waals surface area contributed by atoms with Crippen molar-refractivity contribution < 1.29 is 14.3 Å². The highest BCUT2D eigenvalue weighted by Crippen LogP contribution is 2.15. The highest BCUT2D eigenvalue weighted by atomic mass is 16.5. The lowest BCUT2D eigenvalue weighted by atomic mass is 10.2. The summed E-state index contributed by atoms with van der Waals surface area (Å²) >= 11 is 0. The van der Waals surface area contributed by atoms with Crippen LogP contribution in [0.3, 0.4) is 0 Å². The largest absolute Gasteiger partial charge is 0.492 e. The molecule has 0 aliphatic heterocycles. The maximum Gasteiger partial charge on any atom is 0.258 e. The molecule has 1 amide bonds. The monoisotopic (exact) mass is 299 g/mol. The van der Waals surface area contributed by atoms with Crippen molar-refractivity contribution in [2.24, 2.45) is 0 Å². The van der Waals surface area contributed by atoms with Gasteiger partial charge in [0.15, 0.2) is 6.61 Å². The van der Waals surface area contributed by atoms with E-state index in [0.717, 1.165) is 17.1 Å². The van der Waals surface area contributed by atoms with Crippen LogP contribution in [0.2, 0.25) is 0 Å². The Morgan fingerprint density at radius 1 is 1.00 bits per heavy atom. The third-order valence-corrected chi connectivity index (χ3v) is 3.17. The summed E-state index contributed by atoms with van der Waals surface area (Å²) in [5, 5.41) is 2.77. The zero-order valence-corrected chi connectivity index (χ0v) is 13.0. The summed E-state index contributed by atoms with van der Waals surface area (Å²) in [4.78, 5) is 11.7. The summed E-state index contributed by atoms with van der Waals surface area (Å²) in [7, 11) is 0. The number of rotatable bonds is 7. The van der Waals surface area contributed by atoms with E-state index in [2.05, 4.69) is 5.32 Å². The van der Waals surface area contributed by atoms with Crippen molar-refractivity contribution in [3.8, 4) is 11.5 Å². The molecule has 1 N–H and O–H groups in total. The first kappa shape index (κ1) is 15.9. The Bertz CT molecular complexity index is 608. The van der Waals surface area contributed by atoms with Crippen LogP contribution in [0.5, 0.6) is 11.5 Å². The highest BCUT2D eigenvalue weighted by Gasteiger charge is 2.04. The van der Waals surface area contributed by atoms with Crippen molar-refractivity contribution in [1.82, 2.24) is 5.32 Å². The summed E-state index contributed by atoms with van der Waals surface area (Å²) in [5.74, 6) is 1.38. The third-order valence-electron chi connectivity index (χ3n) is 3.17. The second-order valence-corrected chi connectivity index (χ2v) is 5.07. The molecule has 0 fully saturated rings. The van der Waals surface area contributed by atoms with Gasteiger partial charge in [0.05, 0.1) is 6.54 Å². The normalized spacial score (nSPS) is 10.1. The Hall–Kier alpha value is -2.49. The zero-order valence-electron chi connectivity index (χ0n) is 13.0. The smallest absolute Gasteiger partial charge is 0.258 e. The summed E-state index contributed by atoms with van der Waals surface area (Å²) in [6, 6.07) is 15.4. The molecule has 4 nitrogen and oxygen atoms in total. The molecule has 0 saturated heterocycles. The zero-order chi connectivity index (χ0) is 15.8. The fourth-order valence-electron chi connectivity index (χ4n) is 1.91. The van der Waals surface area contributed by atoms with Gasteiger partial charge in [0, 0.05) is 0 Å². The molecule has 0 aromatic heterocycles. The molecule has 0 spiro atoms. The Morgan fingerprint density at radius 3 is 2.45 bits per heavy atom. The molecule has 116 valence electrons. The van der Waals surface area contributed by atoms with Crippen molar-refractivity contribution >= 4 is 5.91 Å². The van der Waals surface area contributed by atoms with Crippen LogP contribution in [0.4, 0.5) is 0 Å². The van der Waals surface area contributed by atoms with E-state index in [-0.39, 0.29) is 12.5 Å². The van der Waals surface area contributed by atoms with Crippen LogP contribution in [-0.4, -0.2) is 25.7 Å². The second-order valence-electron chi connectivity index (χ2n) is 5.07. The fourth-order valence-corrected chi connectivity index (χ4v) is 1.91. The van der Waals surface area contributed by atoms with Gasteiger partial charge >= 0.3 is 0 Å². The summed E-state index contributed by atoms with van der Waals surface area (Å²) < 4.78 is 11.0. The van der Waals surface area contributed by atoms with E-state index in [0.29, 0.717) is 13.2 Å². The van der Waals surface area contributed by atoms with Gasteiger partial charge in [0.2, 0.25) is 0 Å². The molecular weight excluding hydrogens is 278 g/mol. The molecule has 2 aromatic carbocycles. The Balaban J connectivity index is 1.64. The van der Waals surface area contributed by atoms with Crippen LogP contribution >= 0.6 is 0 Å². The lowest BCUT2D eigenvalue weighted by molar-refractivity contribution is -0.123. The lowest BCUT2D eigenvalue weighted by Crippen LogP contribution is -2.32. The molecule has 0 saturated carbocycles. The van der Waals surface area contributed by atoms with E-state index in [1.54, 1.807) is 0 Å². The molecule has 2 rings (SSSR count). The van der Waals surface area contributed by atoms with Gasteiger partial charge in [-0.15, -0.1) is 0 Å². The van der Waals surface area contributed by atoms with Gasteiger partial charge < -0.3 is 14.8 Å². The molecule has 0 bridgehead atoms. The predicted octanol–water partition coefficient (Wildman–Crippen LogP) is 2.88. The van der Waals surface area contributed by atoms with Crippen LogP contribution in [0.25, 0.3) is 0 Å². The number of nitrogens with one attached hydrogen (secondary N) is 1. The molecule has 0 atom stereocenters. The Labute approximate surface area is 131 Å². The van der Waals surface area contributed by atoms with E-state index in [1.165, 1.54) is 5.56 Å². The minimum absolute atomic E-state index is 0.00931. The number of aryl methyl sites for hydroxylation is 2. The minimum Gasteiger partial charge on any atom is -0.492 e. The average Bonchev–Trinajstić information content (AvgIpc) is 2.52. The first-order valence-corrected chi connectivity index (χ1v) is 7.30. The van der Waals surface area contributed by atoms with Crippen LogP contribution in [-0.2, 0) is 4.79 Å². The molecule has 0 heterocycles. The number of hydrogen-bond acceptors (Lipinski definition) is 3. The summed E-state index contributed by atoms with van der Waals surface area (Å²) in [6.07, 6.45) is 0. The Morgan fingerprint density at radius 2 is 1.73 bits per heavy atom. The molecule has 22 heavy (non-hydrogen) atoms. The molecular formula is C18H21NO3. The minimum atomic E-state index is -0.157. The maximum atomic E-state index is 11.7. The van der Waals surface area contributed by atoms with E-state index in [4.69, 9.17) is 9.47 Å². The summed E-state index contributed by atoms with van der Waals surface area (Å²) in [5.41, 5.74) is 2.20. The average molecular weight is 299 g/mol. The fraction of sp³-hybridized carbons (Fsp3) is 0.278.